The molecule has 9 nitrogen and oxygen atoms in total. The molecule has 0 bridgehead atoms. The van der Waals surface area contributed by atoms with Gasteiger partial charge in [0.25, 0.3) is 0 Å². The molecular weight excluding hydrogens is 620 g/mol. The molecule has 0 aromatic heterocycles. The van der Waals surface area contributed by atoms with E-state index in [2.05, 4.69) is 31.1 Å². The average Bonchev–Trinajstić information content (AvgIpc) is 3.03. The Kier molecular flexibility index (Phi) is 50.3. The van der Waals surface area contributed by atoms with Gasteiger partial charge in [-0.05, 0) is 77.0 Å². The Hall–Kier alpha value is -2.27. The summed E-state index contributed by atoms with van der Waals surface area (Å²) in [7, 11) is -3.23. The fourth-order valence-corrected chi connectivity index (χ4v) is 4.04. The van der Waals surface area contributed by atoms with E-state index in [1.165, 1.54) is 71.3 Å². The Morgan fingerprint density at radius 1 is 0.532 bits per heavy atom. The van der Waals surface area contributed by atoms with Crippen LogP contribution in [0.2, 0.25) is 0 Å². The van der Waals surface area contributed by atoms with Crippen LogP contribution in [0.15, 0.2) is 50.6 Å². The Labute approximate surface area is 288 Å². The molecule has 0 atom stereocenters. The van der Waals surface area contributed by atoms with Gasteiger partial charge in [-0.15, -0.1) is 26.3 Å². The zero-order valence-corrected chi connectivity index (χ0v) is 30.5. The van der Waals surface area contributed by atoms with E-state index in [1.54, 1.807) is 0 Å². The molecule has 0 saturated heterocycles. The van der Waals surface area contributed by atoms with E-state index in [1.807, 2.05) is 24.3 Å². The highest BCUT2D eigenvalue weighted by molar-refractivity contribution is 7.79. The molecule has 0 saturated carbocycles. The van der Waals surface area contributed by atoms with Crippen LogP contribution in [0.1, 0.15) is 154 Å². The minimum Gasteiger partial charge on any atom is -0.469 e. The number of carbonyl (C=O) groups is 2. The standard InChI is InChI=1S/C18H32O2.C11H20O2.C8H16O.H2O4S/c1-3-5-7-9-11-12-14-16-18(19)20-17-15-13-10-8-6-4-2;1-3-4-5-6-7-8-9-10-11(12)13-2;1-2-3-4-5-6-7-8-9;1-5(2,3)4/h3-4H,1-2,5-17H2;3H,1,4-10H2,2H3;2,9H,1,3-8H2;(H2,1,2,3,4). The minimum atomic E-state index is -4.67. The van der Waals surface area contributed by atoms with Gasteiger partial charge < -0.3 is 14.6 Å². The lowest BCUT2D eigenvalue weighted by Gasteiger charge is -2.05. The van der Waals surface area contributed by atoms with Crippen molar-refractivity contribution in [2.75, 3.05) is 20.3 Å². The van der Waals surface area contributed by atoms with E-state index in [9.17, 15) is 9.59 Å². The van der Waals surface area contributed by atoms with Gasteiger partial charge in [0.05, 0.1) is 13.7 Å². The number of aliphatic hydroxyl groups excluding tert-OH is 1. The molecule has 0 heterocycles. The largest absolute Gasteiger partial charge is 0.469 e. The van der Waals surface area contributed by atoms with Crippen molar-refractivity contribution in [3.8, 4) is 0 Å². The summed E-state index contributed by atoms with van der Waals surface area (Å²) < 4.78 is 41.3. The lowest BCUT2D eigenvalue weighted by Crippen LogP contribution is -2.05. The second-order valence-corrected chi connectivity index (χ2v) is 12.0. The molecular formula is C37H70O9S. The van der Waals surface area contributed by atoms with Crippen LogP contribution in [0, 0.1) is 0 Å². The average molecular weight is 691 g/mol. The summed E-state index contributed by atoms with van der Waals surface area (Å²) in [4.78, 5) is 22.2. The van der Waals surface area contributed by atoms with Crippen LogP contribution in [0.4, 0.5) is 0 Å². The van der Waals surface area contributed by atoms with Gasteiger partial charge in [0, 0.05) is 19.4 Å². The number of allylic oxidation sites excluding steroid dienone is 4. The molecule has 0 aliphatic rings. The first-order chi connectivity index (χ1) is 22.5. The molecule has 0 aliphatic carbocycles. The Bertz CT molecular complexity index is 779. The molecule has 10 heteroatoms. The summed E-state index contributed by atoms with van der Waals surface area (Å²) in [5.74, 6) is -0.117. The van der Waals surface area contributed by atoms with E-state index in [4.69, 9.17) is 27.4 Å². The summed E-state index contributed by atoms with van der Waals surface area (Å²) >= 11 is 0. The monoisotopic (exact) mass is 690 g/mol. The number of hydrogen-bond donors (Lipinski definition) is 3. The van der Waals surface area contributed by atoms with Crippen molar-refractivity contribution in [1.29, 1.82) is 0 Å². The number of carbonyl (C=O) groups excluding carboxylic acids is 2. The van der Waals surface area contributed by atoms with Crippen LogP contribution < -0.4 is 0 Å². The first-order valence-corrected chi connectivity index (χ1v) is 18.9. The number of methoxy groups -OCH3 is 1. The van der Waals surface area contributed by atoms with Crippen LogP contribution in [0.25, 0.3) is 0 Å². The SMILES string of the molecule is C=CCCCCCCCC(=O)OC.C=CCCCCCCCC(=O)OCCCCCCC=C.C=CCCCCCCO.O=S(=O)(O)O. The molecule has 0 amide bonds. The maximum Gasteiger partial charge on any atom is 0.394 e. The minimum absolute atomic E-state index is 0.0258. The maximum absolute atomic E-state index is 11.5. The predicted octanol–water partition coefficient (Wildman–Crippen LogP) is 10.1. The lowest BCUT2D eigenvalue weighted by atomic mass is 10.1. The number of rotatable bonds is 29. The molecule has 0 radical (unpaired) electrons. The van der Waals surface area contributed by atoms with Crippen molar-refractivity contribution in [1.82, 2.24) is 0 Å². The summed E-state index contributed by atoms with van der Waals surface area (Å²) in [5.41, 5.74) is 0. The van der Waals surface area contributed by atoms with Crippen LogP contribution in [-0.2, 0) is 29.5 Å². The maximum atomic E-state index is 11.5. The van der Waals surface area contributed by atoms with Gasteiger partial charge in [-0.25, -0.2) is 0 Å². The molecule has 3 N–H and O–H groups in total. The highest BCUT2D eigenvalue weighted by Gasteiger charge is 2.02. The summed E-state index contributed by atoms with van der Waals surface area (Å²) in [6.45, 7) is 15.6. The van der Waals surface area contributed by atoms with E-state index >= 15 is 0 Å². The van der Waals surface area contributed by atoms with E-state index in [-0.39, 0.29) is 11.9 Å². The number of aliphatic hydroxyl groups is 1. The highest BCUT2D eigenvalue weighted by Crippen LogP contribution is 2.09. The van der Waals surface area contributed by atoms with Gasteiger partial charge >= 0.3 is 22.3 Å². The Balaban J connectivity index is -0.000000293. The molecule has 0 fully saturated rings. The first-order valence-electron chi connectivity index (χ1n) is 17.5. The fraction of sp³-hybridized carbons (Fsp3) is 0.730. The van der Waals surface area contributed by atoms with Crippen LogP contribution >= 0.6 is 0 Å². The third-order valence-electron chi connectivity index (χ3n) is 6.69. The van der Waals surface area contributed by atoms with Crippen molar-refractivity contribution >= 4 is 22.3 Å². The van der Waals surface area contributed by atoms with Crippen molar-refractivity contribution < 1.29 is 41.7 Å². The second-order valence-electron chi connectivity index (χ2n) is 11.1. The zero-order chi connectivity index (χ0) is 36.3. The van der Waals surface area contributed by atoms with Crippen molar-refractivity contribution in [2.45, 2.75) is 154 Å². The molecule has 0 unspecified atom stereocenters. The van der Waals surface area contributed by atoms with Crippen LogP contribution in [-0.4, -0.2) is 54.9 Å². The van der Waals surface area contributed by atoms with E-state index < -0.39 is 10.4 Å². The molecule has 0 rings (SSSR count). The fourth-order valence-electron chi connectivity index (χ4n) is 4.04. The molecule has 0 aliphatic heterocycles. The van der Waals surface area contributed by atoms with Crippen molar-refractivity contribution in [3.05, 3.63) is 50.6 Å². The highest BCUT2D eigenvalue weighted by atomic mass is 32.3. The third-order valence-corrected chi connectivity index (χ3v) is 6.69. The molecule has 0 spiro atoms. The van der Waals surface area contributed by atoms with Gasteiger partial charge in [0.2, 0.25) is 0 Å². The predicted molar refractivity (Wildman–Crippen MR) is 196 cm³/mol. The van der Waals surface area contributed by atoms with Crippen molar-refractivity contribution in [2.24, 2.45) is 0 Å². The number of hydrogen-bond acceptors (Lipinski definition) is 7. The number of unbranched alkanes of at least 4 members (excludes halogenated alkanes) is 18. The van der Waals surface area contributed by atoms with Gasteiger partial charge in [-0.3, -0.25) is 18.7 Å². The van der Waals surface area contributed by atoms with Crippen LogP contribution in [0.3, 0.4) is 0 Å². The van der Waals surface area contributed by atoms with Crippen molar-refractivity contribution in [3.63, 3.8) is 0 Å². The second kappa shape index (κ2) is 45.9. The van der Waals surface area contributed by atoms with Gasteiger partial charge in [0.1, 0.15) is 0 Å². The molecule has 278 valence electrons. The van der Waals surface area contributed by atoms with Gasteiger partial charge in [-0.1, -0.05) is 88.5 Å². The molecule has 0 aromatic carbocycles. The first kappa shape index (κ1) is 51.6. The summed E-state index contributed by atoms with van der Waals surface area (Å²) in [5, 5.41) is 8.40. The Morgan fingerprint density at radius 2 is 0.830 bits per heavy atom. The smallest absolute Gasteiger partial charge is 0.394 e. The molecule has 0 aromatic rings. The van der Waals surface area contributed by atoms with E-state index in [0.29, 0.717) is 26.1 Å². The topological polar surface area (TPSA) is 147 Å². The summed E-state index contributed by atoms with van der Waals surface area (Å²) in [6, 6.07) is 0. The lowest BCUT2D eigenvalue weighted by molar-refractivity contribution is -0.144. The summed E-state index contributed by atoms with van der Waals surface area (Å²) in [6.07, 6.45) is 34.0. The quantitative estimate of drug-likeness (QED) is 0.0302. The van der Waals surface area contributed by atoms with E-state index in [0.717, 1.165) is 77.0 Å². The number of esters is 2. The normalized spacial score (nSPS) is 10.0. The van der Waals surface area contributed by atoms with Gasteiger partial charge in [0.15, 0.2) is 0 Å². The third kappa shape index (κ3) is 71.1. The Morgan fingerprint density at radius 3 is 1.17 bits per heavy atom. The zero-order valence-electron chi connectivity index (χ0n) is 29.7. The van der Waals surface area contributed by atoms with Crippen LogP contribution in [0.5, 0.6) is 0 Å². The van der Waals surface area contributed by atoms with Gasteiger partial charge in [-0.2, -0.15) is 8.42 Å². The number of ether oxygens (including phenoxy) is 2. The molecule has 47 heavy (non-hydrogen) atoms.